The van der Waals surface area contributed by atoms with Gasteiger partial charge in [-0.3, -0.25) is 48.0 Å². The van der Waals surface area contributed by atoms with E-state index >= 15 is 43.9 Å². The molecule has 18 nitrogen and oxygen atoms in total. The second kappa shape index (κ2) is 46.2. The Bertz CT molecular complexity index is 6230. The van der Waals surface area contributed by atoms with Crippen molar-refractivity contribution in [3.63, 3.8) is 0 Å². The average molecular weight is 2090 g/mol. The van der Waals surface area contributed by atoms with Crippen molar-refractivity contribution in [2.24, 2.45) is 0 Å². The summed E-state index contributed by atoms with van der Waals surface area (Å²) in [6.45, 7) is 23.3. The van der Waals surface area contributed by atoms with E-state index in [-0.39, 0.29) is 103 Å². The number of aliphatic hydroxyl groups is 2. The van der Waals surface area contributed by atoms with Gasteiger partial charge < -0.3 is 51.4 Å². The van der Waals surface area contributed by atoms with E-state index in [9.17, 15) is 45.3 Å². The normalized spacial score (nSPS) is 22.0. The molecule has 0 bridgehead atoms. The van der Waals surface area contributed by atoms with Gasteiger partial charge in [-0.05, 0) is 244 Å². The number of para-hydroxylation sites is 1. The van der Waals surface area contributed by atoms with Gasteiger partial charge in [0.2, 0.25) is 0 Å². The van der Waals surface area contributed by atoms with Gasteiger partial charge in [-0.2, -0.15) is 0 Å². The zero-order chi connectivity index (χ0) is 106. The molecule has 0 aliphatic carbocycles. The summed E-state index contributed by atoms with van der Waals surface area (Å²) in [5, 5.41) is 35.1. The van der Waals surface area contributed by atoms with Crippen LogP contribution in [0, 0.1) is 64.0 Å². The van der Waals surface area contributed by atoms with E-state index in [1.165, 1.54) is 118 Å². The van der Waals surface area contributed by atoms with E-state index in [0.29, 0.717) is 145 Å². The number of hydrogen-bond donors (Lipinski definition) is 10. The van der Waals surface area contributed by atoms with Crippen LogP contribution in [0.25, 0.3) is 43.6 Å². The van der Waals surface area contributed by atoms with Crippen molar-refractivity contribution in [1.29, 1.82) is 0 Å². The molecule has 0 amide bonds. The van der Waals surface area contributed by atoms with Crippen LogP contribution < -0.4 is 21.3 Å². The number of nitrogens with one attached hydrogen (secondary N) is 8. The van der Waals surface area contributed by atoms with E-state index in [0.717, 1.165) is 104 Å². The number of hydrogen-bond acceptors (Lipinski definition) is 14. The molecule has 0 radical (unpaired) electrons. The van der Waals surface area contributed by atoms with Gasteiger partial charge in [-0.25, -0.2) is 70.2 Å². The number of rotatable bonds is 35. The monoisotopic (exact) mass is 2090 g/mol. The van der Waals surface area contributed by atoms with E-state index in [4.69, 9.17) is 0 Å². The van der Waals surface area contributed by atoms with E-state index < -0.39 is 144 Å². The second-order valence-corrected chi connectivity index (χ2v) is 43.0. The molecule has 8 aromatic carbocycles. The van der Waals surface area contributed by atoms with Crippen molar-refractivity contribution in [1.82, 2.24) is 59.1 Å². The molecule has 0 saturated carbocycles. The number of fused-ring (bicyclic) bond motifs is 12. The maximum Gasteiger partial charge on any atom is 0.260 e. The first-order valence-electron chi connectivity index (χ1n) is 52.3. The third-order valence-corrected chi connectivity index (χ3v) is 30.9. The van der Waals surface area contributed by atoms with Crippen LogP contribution in [0.2, 0.25) is 0 Å². The van der Waals surface area contributed by atoms with Gasteiger partial charge in [-0.15, -0.1) is 0 Å². The summed E-state index contributed by atoms with van der Waals surface area (Å²) in [7, 11) is 0. The predicted molar refractivity (Wildman–Crippen MR) is 551 cm³/mol. The lowest BCUT2D eigenvalue weighted by Crippen LogP contribution is -2.54. The van der Waals surface area contributed by atoms with Crippen molar-refractivity contribution in [3.05, 3.63) is 259 Å². The topological polar surface area (TPSA) is 178 Å². The smallest absolute Gasteiger partial charge is 0.260 e. The number of aliphatic hydroxyl groups excluding tert-OH is 2. The summed E-state index contributed by atoms with van der Waals surface area (Å²) in [6.07, 6.45) is 5.80. The second-order valence-electron chi connectivity index (χ2n) is 43.0. The zero-order valence-corrected chi connectivity index (χ0v) is 85.8. The maximum absolute atomic E-state index is 15.8. The number of likely N-dealkylation sites (tertiary alicyclic amines) is 4. The van der Waals surface area contributed by atoms with Gasteiger partial charge in [0.15, 0.2) is 0 Å². The lowest BCUT2D eigenvalue weighted by Gasteiger charge is -2.43. The molecule has 806 valence electrons. The van der Waals surface area contributed by atoms with Crippen LogP contribution in [0.15, 0.2) is 127 Å². The number of alkyl halides is 7. The minimum Gasteiger partial charge on any atom is -0.393 e. The molecular weight excluding hydrogens is 1960 g/mol. The van der Waals surface area contributed by atoms with E-state index in [1.54, 1.807) is 34.9 Å². The van der Waals surface area contributed by atoms with Crippen LogP contribution in [0.3, 0.4) is 0 Å². The highest BCUT2D eigenvalue weighted by atomic mass is 19.3. The van der Waals surface area contributed by atoms with Crippen LogP contribution in [-0.4, -0.2) is 272 Å². The Labute approximate surface area is 857 Å². The van der Waals surface area contributed by atoms with Crippen molar-refractivity contribution < 1.29 is 89.2 Å². The molecular formula is C113H136F18N16O2. The summed E-state index contributed by atoms with van der Waals surface area (Å²) in [5.74, 6) is -10.3. The number of nitrogens with zero attached hydrogens (tertiary/aromatic N) is 8. The van der Waals surface area contributed by atoms with Gasteiger partial charge in [0, 0.05) is 227 Å². The van der Waals surface area contributed by atoms with Crippen LogP contribution in [0.1, 0.15) is 206 Å². The molecule has 8 aliphatic heterocycles. The average Bonchev–Trinajstić information content (AvgIpc) is 1.58. The lowest BCUT2D eigenvalue weighted by atomic mass is 9.87. The molecule has 20 rings (SSSR count). The zero-order valence-electron chi connectivity index (χ0n) is 85.8. The third-order valence-electron chi connectivity index (χ3n) is 30.9. The van der Waals surface area contributed by atoms with Crippen LogP contribution >= 0.6 is 0 Å². The molecule has 10 N–H and O–H groups in total. The molecule has 4 saturated heterocycles. The Morgan fingerprint density at radius 2 is 0.638 bits per heavy atom. The standard InChI is InChI=1S/2C29H36F4N4O.C28H32F6N4.C27H32F4N4/c2*1-4-5-8-36-13-20(14-36)34-19-11-23(31)26(24(32)12-19)28-27-22(21-10-18(30)6-7-25(21)35-27)9-17(2)37(28)15-29(3,33)16-38;1-3-28(33,34)15-38-16(2)9-21-20-6-5-17(30)10-24(20)36-26(21)27(38)25-22(31)11-18(12-23(25)32)35-19-13-37(14-19)8-4-7-29;1-16(29)13-35-17(2)10-21-20-6-3-4-7-24(20)33-26(21)27(35)25-22(30)11-18(12-23(25)31)32-19-14-34(15-19)9-5-8-28/h2*6-7,10-12,17,20,28,34-35,38H,4-5,8-9,13-16H2,1-3H3;5-6,10-12,16,19,27,35-36H,3-4,7-9,13-15H2,1-2H3;3-4,6-7,11-12,16-17,19,27,32-33H,5,8-10,13-15H2,1-2H3/t2*17-,28-,29-;16-,27-;16?,17-,27-/m1001/s1. The first-order valence-corrected chi connectivity index (χ1v) is 52.3. The number of anilines is 4. The largest absolute Gasteiger partial charge is 0.393 e. The summed E-state index contributed by atoms with van der Waals surface area (Å²) < 4.78 is 267. The predicted octanol–water partition coefficient (Wildman–Crippen LogP) is 23.1. The minimum absolute atomic E-state index is 0.0242. The molecule has 1 unspecified atom stereocenters. The fourth-order valence-electron chi connectivity index (χ4n) is 23.3. The Morgan fingerprint density at radius 1 is 0.356 bits per heavy atom. The molecule has 12 aromatic rings. The number of aromatic amines is 4. The van der Waals surface area contributed by atoms with Crippen molar-refractivity contribution in [3.8, 4) is 0 Å². The number of halogens is 18. The fraction of sp³-hybridized carbons (Fsp3) is 0.504. The number of unbranched alkanes of at least 4 members (excludes halogenated alkanes) is 2. The number of aromatic nitrogens is 4. The van der Waals surface area contributed by atoms with Gasteiger partial charge in [0.1, 0.15) is 81.5 Å². The van der Waals surface area contributed by atoms with Crippen LogP contribution in [0.5, 0.6) is 0 Å². The molecule has 36 heteroatoms. The fourth-order valence-corrected chi connectivity index (χ4v) is 23.3. The lowest BCUT2D eigenvalue weighted by molar-refractivity contribution is -0.0551. The van der Waals surface area contributed by atoms with E-state index in [1.807, 2.05) is 54.8 Å². The van der Waals surface area contributed by atoms with Crippen molar-refractivity contribution in [2.45, 2.75) is 236 Å². The number of benzene rings is 8. The summed E-state index contributed by atoms with van der Waals surface area (Å²) >= 11 is 0. The quantitative estimate of drug-likeness (QED) is 0.0170. The van der Waals surface area contributed by atoms with Crippen LogP contribution in [-0.2, 0) is 25.7 Å². The first kappa shape index (κ1) is 110. The van der Waals surface area contributed by atoms with Gasteiger partial charge in [0.25, 0.3) is 5.92 Å². The Hall–Kier alpha value is -10.5. The summed E-state index contributed by atoms with van der Waals surface area (Å²) in [6, 6.07) is 26.2. The SMILES string of the molecule is CC(F)CN1[C@H](c2c(F)cc(NC3CN(CCCF)C3)cc2F)c2[nH]c3ccccc3c2C[C@H]1C.CCC(F)(F)CN1[C@@H](c2c(F)cc(NC3CN(CCCF)C3)cc2F)c2[nH]c3cc(F)ccc3c2C[C@@H]1C.CCCCN1CC(Nc2cc(F)c([C@@H]3c4[nH]c5ccc(F)cc5c4C[C@@H](C)N3C[C@@](C)(F)CO)c(F)c2)C1.CCCCN1CC(Nc2cc(F)c([C@H]3c4[nH]c5ccc(F)cc5c4C[C@H](C)N3C[C@](C)(F)CO)c(F)c2)C1. The van der Waals surface area contributed by atoms with Crippen molar-refractivity contribution >= 4 is 66.4 Å². The highest BCUT2D eigenvalue weighted by Gasteiger charge is 2.49. The van der Waals surface area contributed by atoms with Gasteiger partial charge in [-0.1, -0.05) is 51.8 Å². The number of H-pyrrole nitrogens is 4. The van der Waals surface area contributed by atoms with Gasteiger partial charge >= 0.3 is 0 Å². The summed E-state index contributed by atoms with van der Waals surface area (Å²) in [5.41, 5.74) is 4.77. The van der Waals surface area contributed by atoms with E-state index in [2.05, 4.69) is 69.8 Å². The maximum atomic E-state index is 15.8. The van der Waals surface area contributed by atoms with Crippen molar-refractivity contribution in [2.75, 3.05) is 153 Å². The Kier molecular flexibility index (Phi) is 34.0. The molecule has 4 fully saturated rings. The Balaban J connectivity index is 0.000000135. The molecule has 0 spiro atoms. The summed E-state index contributed by atoms with van der Waals surface area (Å²) in [4.78, 5) is 28.4. The highest BCUT2D eigenvalue weighted by molar-refractivity contribution is 5.89. The molecule has 11 atom stereocenters. The third kappa shape index (κ3) is 24.1. The first-order chi connectivity index (χ1) is 71.1. The van der Waals surface area contributed by atoms with Crippen LogP contribution in [0.4, 0.5) is 102 Å². The Morgan fingerprint density at radius 3 is 0.960 bits per heavy atom. The molecule has 149 heavy (non-hydrogen) atoms. The molecule has 8 aliphatic rings. The minimum atomic E-state index is -3.06. The highest BCUT2D eigenvalue weighted by Crippen LogP contribution is 2.51. The molecule has 12 heterocycles. The molecule has 4 aromatic heterocycles. The van der Waals surface area contributed by atoms with Gasteiger partial charge in [0.05, 0.1) is 81.4 Å².